The molecule has 2 aromatic heterocycles. The van der Waals surface area contributed by atoms with Crippen LogP contribution in [0.4, 0.5) is 5.82 Å². The molecule has 0 radical (unpaired) electrons. The first-order chi connectivity index (χ1) is 16.3. The number of hydrogen-bond acceptors (Lipinski definition) is 6. The Morgan fingerprint density at radius 3 is 2.26 bits per heavy atom. The number of hydrogen-bond donors (Lipinski definition) is 1. The fourth-order valence-corrected chi connectivity index (χ4v) is 6.22. The van der Waals surface area contributed by atoms with Gasteiger partial charge in [-0.05, 0) is 56.5 Å². The molecule has 34 heavy (non-hydrogen) atoms. The van der Waals surface area contributed by atoms with Crippen LogP contribution in [0.25, 0.3) is 16.6 Å². The lowest BCUT2D eigenvalue weighted by molar-refractivity contribution is 0.591. The molecule has 0 aliphatic rings. The van der Waals surface area contributed by atoms with Gasteiger partial charge in [-0.3, -0.25) is 0 Å². The van der Waals surface area contributed by atoms with Gasteiger partial charge in [0.1, 0.15) is 5.82 Å². The number of anilines is 1. The van der Waals surface area contributed by atoms with Crippen molar-refractivity contribution < 1.29 is 8.42 Å². The molecule has 0 saturated carbocycles. The summed E-state index contributed by atoms with van der Waals surface area (Å²) in [6.07, 6.45) is 0. The van der Waals surface area contributed by atoms with Gasteiger partial charge in [-0.25, -0.2) is 13.4 Å². The number of para-hydroxylation sites is 1. The van der Waals surface area contributed by atoms with Crippen molar-refractivity contribution in [2.45, 2.75) is 43.7 Å². The Morgan fingerprint density at radius 1 is 0.912 bits per heavy atom. The summed E-state index contributed by atoms with van der Waals surface area (Å²) in [4.78, 5) is 5.00. The van der Waals surface area contributed by atoms with Gasteiger partial charge in [0.25, 0.3) is 0 Å². The molecule has 0 aliphatic heterocycles. The fourth-order valence-electron chi connectivity index (χ4n) is 4.55. The molecule has 0 saturated heterocycles. The molecule has 5 aromatic rings. The van der Waals surface area contributed by atoms with Gasteiger partial charge in [-0.15, -0.1) is 5.10 Å². The molecule has 2 heterocycles. The Hall–Kier alpha value is -3.78. The average Bonchev–Trinajstić information content (AvgIpc) is 3.24. The van der Waals surface area contributed by atoms with E-state index >= 15 is 0 Å². The minimum Gasteiger partial charge on any atom is -0.363 e. The lowest BCUT2D eigenvalue weighted by Gasteiger charge is -2.17. The Labute approximate surface area is 198 Å². The van der Waals surface area contributed by atoms with Crippen LogP contribution in [0, 0.1) is 20.8 Å². The molecule has 1 N–H and O–H groups in total. The lowest BCUT2D eigenvalue weighted by atomic mass is 10.1. The van der Waals surface area contributed by atoms with Crippen LogP contribution in [-0.2, 0) is 9.84 Å². The molecule has 3 aromatic carbocycles. The highest BCUT2D eigenvalue weighted by atomic mass is 32.2. The van der Waals surface area contributed by atoms with Gasteiger partial charge in [0.05, 0.1) is 10.4 Å². The predicted octanol–water partition coefficient (Wildman–Crippen LogP) is 5.21. The summed E-state index contributed by atoms with van der Waals surface area (Å²) < 4.78 is 29.1. The molecule has 172 valence electrons. The standard InChI is InChI=1S/C26H25N5O2S/c1-16-14-17(2)23(18(3)15-16)34(32,33)26-25-28-24(27-19(4)20-10-6-5-7-11-20)21-12-8-9-13-22(21)31(25)30-29-26/h5-15,19H,1-4H3,(H,27,28)/t19-/m0/s1. The number of benzene rings is 3. The highest BCUT2D eigenvalue weighted by Gasteiger charge is 2.30. The van der Waals surface area contributed by atoms with Gasteiger partial charge >= 0.3 is 0 Å². The fraction of sp³-hybridized carbons (Fsp3) is 0.192. The second-order valence-corrected chi connectivity index (χ2v) is 10.4. The zero-order valence-corrected chi connectivity index (χ0v) is 20.3. The molecule has 0 fully saturated rings. The van der Waals surface area contributed by atoms with Crippen molar-refractivity contribution in [3.05, 3.63) is 89.0 Å². The van der Waals surface area contributed by atoms with Crippen LogP contribution in [-0.4, -0.2) is 28.2 Å². The first-order valence-electron chi connectivity index (χ1n) is 11.1. The number of aromatic nitrogens is 4. The van der Waals surface area contributed by atoms with Crippen molar-refractivity contribution in [2.24, 2.45) is 0 Å². The smallest absolute Gasteiger partial charge is 0.230 e. The van der Waals surface area contributed by atoms with E-state index in [0.717, 1.165) is 22.0 Å². The number of aryl methyl sites for hydroxylation is 3. The summed E-state index contributed by atoms with van der Waals surface area (Å²) in [5.74, 6) is 0.579. The first-order valence-corrected chi connectivity index (χ1v) is 12.5. The van der Waals surface area contributed by atoms with Gasteiger partial charge in [-0.1, -0.05) is 65.4 Å². The van der Waals surface area contributed by atoms with Gasteiger partial charge in [-0.2, -0.15) is 4.52 Å². The van der Waals surface area contributed by atoms with Crippen LogP contribution in [0.1, 0.15) is 35.2 Å². The van der Waals surface area contributed by atoms with E-state index in [1.54, 1.807) is 13.8 Å². The molecule has 0 unspecified atom stereocenters. The van der Waals surface area contributed by atoms with E-state index in [9.17, 15) is 8.42 Å². The van der Waals surface area contributed by atoms with Crippen LogP contribution in [0.3, 0.4) is 0 Å². The quantitative estimate of drug-likeness (QED) is 0.379. The third-order valence-electron chi connectivity index (χ3n) is 6.00. The van der Waals surface area contributed by atoms with E-state index in [1.165, 1.54) is 4.52 Å². The zero-order valence-electron chi connectivity index (χ0n) is 19.4. The first kappa shape index (κ1) is 22.0. The Kier molecular flexibility index (Phi) is 5.32. The summed E-state index contributed by atoms with van der Waals surface area (Å²) in [5.41, 5.74) is 4.37. The number of rotatable bonds is 5. The van der Waals surface area contributed by atoms with E-state index in [2.05, 4.69) is 15.6 Å². The topological polar surface area (TPSA) is 89.2 Å². The Morgan fingerprint density at radius 2 is 1.56 bits per heavy atom. The van der Waals surface area contributed by atoms with Crippen molar-refractivity contribution in [1.82, 2.24) is 19.8 Å². The molecule has 1 atom stereocenters. The molecular weight excluding hydrogens is 446 g/mol. The van der Waals surface area contributed by atoms with Gasteiger partial charge in [0.2, 0.25) is 14.9 Å². The zero-order chi connectivity index (χ0) is 24.0. The van der Waals surface area contributed by atoms with E-state index in [4.69, 9.17) is 4.98 Å². The maximum atomic E-state index is 13.8. The number of sulfone groups is 1. The van der Waals surface area contributed by atoms with Crippen molar-refractivity contribution in [3.63, 3.8) is 0 Å². The van der Waals surface area contributed by atoms with E-state index < -0.39 is 9.84 Å². The Bertz CT molecular complexity index is 1620. The van der Waals surface area contributed by atoms with Crippen molar-refractivity contribution >= 4 is 32.2 Å². The minimum atomic E-state index is -3.95. The van der Waals surface area contributed by atoms with Crippen molar-refractivity contribution in [1.29, 1.82) is 0 Å². The predicted molar refractivity (Wildman–Crippen MR) is 133 cm³/mol. The molecule has 5 rings (SSSR count). The van der Waals surface area contributed by atoms with Crippen LogP contribution in [0.2, 0.25) is 0 Å². The Balaban J connectivity index is 1.72. The maximum absolute atomic E-state index is 13.8. The normalized spacial score (nSPS) is 12.8. The third-order valence-corrected chi connectivity index (χ3v) is 7.96. The summed E-state index contributed by atoms with van der Waals surface area (Å²) in [6.45, 7) is 7.59. The molecule has 0 bridgehead atoms. The summed E-state index contributed by atoms with van der Waals surface area (Å²) >= 11 is 0. The van der Waals surface area contributed by atoms with E-state index in [-0.39, 0.29) is 21.6 Å². The van der Waals surface area contributed by atoms with Crippen molar-refractivity contribution in [2.75, 3.05) is 5.32 Å². The second-order valence-electron chi connectivity index (χ2n) is 8.62. The van der Waals surface area contributed by atoms with E-state index in [0.29, 0.717) is 16.9 Å². The lowest BCUT2D eigenvalue weighted by Crippen LogP contribution is -2.11. The highest BCUT2D eigenvalue weighted by Crippen LogP contribution is 2.32. The van der Waals surface area contributed by atoms with Crippen LogP contribution in [0.15, 0.2) is 76.7 Å². The summed E-state index contributed by atoms with van der Waals surface area (Å²) in [7, 11) is -3.95. The SMILES string of the molecule is Cc1cc(C)c(S(=O)(=O)c2nnn3c2nc(N[C@@H](C)c2ccccc2)c2ccccc23)c(C)c1. The van der Waals surface area contributed by atoms with Crippen LogP contribution < -0.4 is 5.32 Å². The minimum absolute atomic E-state index is 0.0444. The maximum Gasteiger partial charge on any atom is 0.230 e. The van der Waals surface area contributed by atoms with Crippen molar-refractivity contribution in [3.8, 4) is 0 Å². The second kappa shape index (κ2) is 8.22. The molecule has 0 amide bonds. The highest BCUT2D eigenvalue weighted by molar-refractivity contribution is 7.91. The largest absolute Gasteiger partial charge is 0.363 e. The summed E-state index contributed by atoms with van der Waals surface area (Å²) in [5, 5.41) is 12.4. The van der Waals surface area contributed by atoms with Gasteiger partial charge in [0.15, 0.2) is 5.65 Å². The molecule has 0 aliphatic carbocycles. The molecule has 0 spiro atoms. The molecule has 7 nitrogen and oxygen atoms in total. The van der Waals surface area contributed by atoms with Crippen LogP contribution in [0.5, 0.6) is 0 Å². The van der Waals surface area contributed by atoms with Crippen LogP contribution >= 0.6 is 0 Å². The van der Waals surface area contributed by atoms with Gasteiger partial charge in [0, 0.05) is 11.4 Å². The van der Waals surface area contributed by atoms with E-state index in [1.807, 2.05) is 80.6 Å². The number of nitrogens with zero attached hydrogens (tertiary/aromatic N) is 4. The van der Waals surface area contributed by atoms with Gasteiger partial charge < -0.3 is 5.32 Å². The average molecular weight is 472 g/mol. The number of nitrogens with one attached hydrogen (secondary N) is 1. The molecule has 8 heteroatoms. The monoisotopic (exact) mass is 471 g/mol. The summed E-state index contributed by atoms with van der Waals surface area (Å²) in [6, 6.07) is 21.3. The third kappa shape index (κ3) is 3.60. The molecular formula is C26H25N5O2S. The number of fused-ring (bicyclic) bond motifs is 3.